The summed E-state index contributed by atoms with van der Waals surface area (Å²) in [4.78, 5) is 39.7. The summed E-state index contributed by atoms with van der Waals surface area (Å²) in [5.74, 6) is -0.633. The molecule has 0 aliphatic rings. The number of carbonyl (C=O) groups is 2. The number of hydrogen-bond donors (Lipinski definition) is 2. The molecule has 35 heavy (non-hydrogen) atoms. The molecule has 0 saturated heterocycles. The van der Waals surface area contributed by atoms with Crippen LogP contribution in [0.4, 0.5) is 10.1 Å². The zero-order valence-electron chi connectivity index (χ0n) is 18.8. The quantitative estimate of drug-likeness (QED) is 0.301. The number of rotatable bonds is 11. The Kier molecular flexibility index (Phi) is 9.13. The molecule has 3 aromatic rings. The van der Waals surface area contributed by atoms with Gasteiger partial charge in [-0.15, -0.1) is 0 Å². The highest BCUT2D eigenvalue weighted by molar-refractivity contribution is 7.98. The molecular formula is C24H23FN4O5S. The van der Waals surface area contributed by atoms with Crippen molar-refractivity contribution in [1.82, 2.24) is 15.6 Å². The molecule has 0 spiro atoms. The van der Waals surface area contributed by atoms with Gasteiger partial charge in [0.15, 0.2) is 11.6 Å². The molecule has 0 aliphatic carbocycles. The van der Waals surface area contributed by atoms with Crippen molar-refractivity contribution < 1.29 is 23.6 Å². The fourth-order valence-electron chi connectivity index (χ4n) is 3.09. The average molecular weight is 499 g/mol. The summed E-state index contributed by atoms with van der Waals surface area (Å²) in [6.07, 6.45) is 5.26. The van der Waals surface area contributed by atoms with Crippen molar-refractivity contribution in [2.45, 2.75) is 19.0 Å². The van der Waals surface area contributed by atoms with Crippen molar-refractivity contribution in [2.24, 2.45) is 0 Å². The number of thioether (sulfide) groups is 1. The zero-order chi connectivity index (χ0) is 25.2. The summed E-state index contributed by atoms with van der Waals surface area (Å²) < 4.78 is 19.9. The molecule has 0 aliphatic heterocycles. The molecule has 0 fully saturated rings. The first kappa shape index (κ1) is 25.6. The molecular weight excluding hydrogens is 475 g/mol. The normalized spacial score (nSPS) is 11.4. The van der Waals surface area contributed by atoms with E-state index in [4.69, 9.17) is 4.74 Å². The van der Waals surface area contributed by atoms with Gasteiger partial charge in [-0.3, -0.25) is 24.7 Å². The Bertz CT molecular complexity index is 1200. The van der Waals surface area contributed by atoms with Crippen LogP contribution in [0.3, 0.4) is 0 Å². The molecule has 9 nitrogen and oxygen atoms in total. The van der Waals surface area contributed by atoms with E-state index in [0.717, 1.165) is 6.07 Å². The number of nitro benzene ring substituents is 1. The number of hydrogen-bond acceptors (Lipinski definition) is 7. The maximum Gasteiger partial charge on any atom is 0.270 e. The fourth-order valence-corrected chi connectivity index (χ4v) is 3.56. The molecule has 1 heterocycles. The number of amides is 2. The number of carbonyl (C=O) groups excluding carboxylic acids is 2. The Hall–Kier alpha value is -3.99. The summed E-state index contributed by atoms with van der Waals surface area (Å²) in [5, 5.41) is 16.3. The Balaban J connectivity index is 1.63. The minimum atomic E-state index is -0.868. The van der Waals surface area contributed by atoms with Crippen molar-refractivity contribution >= 4 is 29.3 Å². The molecule has 2 N–H and O–H groups in total. The second-order valence-corrected chi connectivity index (χ2v) is 8.37. The summed E-state index contributed by atoms with van der Waals surface area (Å²) in [7, 11) is 0. The maximum absolute atomic E-state index is 14.5. The van der Waals surface area contributed by atoms with Gasteiger partial charge in [-0.2, -0.15) is 11.8 Å². The van der Waals surface area contributed by atoms with Crippen LogP contribution in [0.2, 0.25) is 0 Å². The van der Waals surface area contributed by atoms with E-state index in [1.54, 1.807) is 24.4 Å². The molecule has 1 aromatic heterocycles. The molecule has 1 atom stereocenters. The van der Waals surface area contributed by atoms with Crippen molar-refractivity contribution in [2.75, 3.05) is 12.0 Å². The van der Waals surface area contributed by atoms with Crippen LogP contribution in [0, 0.1) is 15.9 Å². The van der Waals surface area contributed by atoms with Gasteiger partial charge in [0, 0.05) is 30.4 Å². The third kappa shape index (κ3) is 7.51. The molecule has 182 valence electrons. The molecule has 11 heteroatoms. The van der Waals surface area contributed by atoms with Crippen LogP contribution < -0.4 is 15.4 Å². The SMILES string of the molecule is CSCCC(NC(=O)c1cccc([N+](=O)[O-])c1)C(=O)NCc1ccc(Oc2cccnc2)c(F)c1. The van der Waals surface area contributed by atoms with Crippen LogP contribution >= 0.6 is 11.8 Å². The van der Waals surface area contributed by atoms with Gasteiger partial charge in [0.1, 0.15) is 11.8 Å². The highest BCUT2D eigenvalue weighted by Crippen LogP contribution is 2.24. The van der Waals surface area contributed by atoms with Crippen LogP contribution in [0.1, 0.15) is 22.3 Å². The van der Waals surface area contributed by atoms with Crippen molar-refractivity contribution in [3.63, 3.8) is 0 Å². The van der Waals surface area contributed by atoms with Gasteiger partial charge < -0.3 is 15.4 Å². The number of nitro groups is 1. The van der Waals surface area contributed by atoms with E-state index >= 15 is 0 Å². The molecule has 2 amide bonds. The van der Waals surface area contributed by atoms with E-state index in [1.165, 1.54) is 48.3 Å². The van der Waals surface area contributed by atoms with Gasteiger partial charge in [-0.05, 0) is 54.3 Å². The van der Waals surface area contributed by atoms with Gasteiger partial charge in [-0.25, -0.2) is 4.39 Å². The lowest BCUT2D eigenvalue weighted by molar-refractivity contribution is -0.384. The third-order valence-electron chi connectivity index (χ3n) is 4.88. The molecule has 3 rings (SSSR count). The highest BCUT2D eigenvalue weighted by atomic mass is 32.2. The first-order chi connectivity index (χ1) is 16.9. The number of aromatic nitrogens is 1. The molecule has 2 aromatic carbocycles. The van der Waals surface area contributed by atoms with E-state index in [0.29, 0.717) is 23.5 Å². The summed E-state index contributed by atoms with van der Waals surface area (Å²) in [6.45, 7) is 0.0331. The number of benzene rings is 2. The van der Waals surface area contributed by atoms with E-state index < -0.39 is 28.6 Å². The van der Waals surface area contributed by atoms with Crippen molar-refractivity contribution in [3.05, 3.63) is 94.0 Å². The lowest BCUT2D eigenvalue weighted by Crippen LogP contribution is -2.46. The van der Waals surface area contributed by atoms with Crippen molar-refractivity contribution in [3.8, 4) is 11.5 Å². The minimum absolute atomic E-state index is 0.0233. The fraction of sp³-hybridized carbons (Fsp3) is 0.208. The largest absolute Gasteiger partial charge is 0.453 e. The van der Waals surface area contributed by atoms with Gasteiger partial charge in [0.05, 0.1) is 11.1 Å². The first-order valence-electron chi connectivity index (χ1n) is 10.6. The molecule has 0 radical (unpaired) electrons. The van der Waals surface area contributed by atoms with Gasteiger partial charge in [-0.1, -0.05) is 12.1 Å². The van der Waals surface area contributed by atoms with Crippen LogP contribution in [-0.4, -0.2) is 39.8 Å². The van der Waals surface area contributed by atoms with E-state index in [1.807, 2.05) is 6.26 Å². The third-order valence-corrected chi connectivity index (χ3v) is 5.52. The Morgan fingerprint density at radius 2 is 2.03 bits per heavy atom. The Labute approximate surface area is 205 Å². The summed E-state index contributed by atoms with van der Waals surface area (Å²) in [5.41, 5.74) is 0.358. The van der Waals surface area contributed by atoms with Crippen LogP contribution in [-0.2, 0) is 11.3 Å². The predicted molar refractivity (Wildman–Crippen MR) is 130 cm³/mol. The lowest BCUT2D eigenvalue weighted by Gasteiger charge is -2.18. The van der Waals surface area contributed by atoms with E-state index in [-0.39, 0.29) is 23.5 Å². The molecule has 0 bridgehead atoms. The van der Waals surface area contributed by atoms with Gasteiger partial charge in [0.25, 0.3) is 11.6 Å². The number of nitrogens with one attached hydrogen (secondary N) is 2. The standard InChI is InChI=1S/C24H23FN4O5S/c1-35-11-9-21(28-23(30)17-4-2-5-18(13-17)29(32)33)24(31)27-14-16-7-8-22(20(25)12-16)34-19-6-3-10-26-15-19/h2-8,10,12-13,15,21H,9,11,14H2,1H3,(H,27,31)(H,28,30). The lowest BCUT2D eigenvalue weighted by atomic mass is 10.1. The number of halogens is 1. The monoisotopic (exact) mass is 498 g/mol. The van der Waals surface area contributed by atoms with Crippen molar-refractivity contribution in [1.29, 1.82) is 0 Å². The number of nitrogens with zero attached hydrogens (tertiary/aromatic N) is 2. The number of non-ortho nitro benzene ring substituents is 1. The zero-order valence-corrected chi connectivity index (χ0v) is 19.6. The average Bonchev–Trinajstić information content (AvgIpc) is 2.87. The van der Waals surface area contributed by atoms with Gasteiger partial charge in [0.2, 0.25) is 5.91 Å². The van der Waals surface area contributed by atoms with E-state index in [2.05, 4.69) is 15.6 Å². The minimum Gasteiger partial charge on any atom is -0.453 e. The van der Waals surface area contributed by atoms with Crippen LogP contribution in [0.15, 0.2) is 67.0 Å². The maximum atomic E-state index is 14.5. The van der Waals surface area contributed by atoms with Crippen LogP contribution in [0.25, 0.3) is 0 Å². The summed E-state index contributed by atoms with van der Waals surface area (Å²) in [6, 6.07) is 12.0. The number of ether oxygens (including phenoxy) is 1. The molecule has 1 unspecified atom stereocenters. The second kappa shape index (κ2) is 12.5. The highest BCUT2D eigenvalue weighted by Gasteiger charge is 2.22. The predicted octanol–water partition coefficient (Wildman–Crippen LogP) is 4.09. The summed E-state index contributed by atoms with van der Waals surface area (Å²) >= 11 is 1.51. The van der Waals surface area contributed by atoms with Gasteiger partial charge >= 0.3 is 0 Å². The second-order valence-electron chi connectivity index (χ2n) is 7.39. The van der Waals surface area contributed by atoms with Crippen LogP contribution in [0.5, 0.6) is 11.5 Å². The smallest absolute Gasteiger partial charge is 0.270 e. The van der Waals surface area contributed by atoms with E-state index in [9.17, 15) is 24.1 Å². The topological polar surface area (TPSA) is 123 Å². The Morgan fingerprint density at radius 3 is 2.71 bits per heavy atom. The number of pyridine rings is 1. The first-order valence-corrected chi connectivity index (χ1v) is 11.9. The Morgan fingerprint density at radius 1 is 1.20 bits per heavy atom. The molecule has 0 saturated carbocycles.